The molecule has 2 aromatic rings. The van der Waals surface area contributed by atoms with E-state index in [-0.39, 0.29) is 5.91 Å². The minimum absolute atomic E-state index is 0.0585. The van der Waals surface area contributed by atoms with Crippen LogP contribution >= 0.6 is 0 Å². The fraction of sp³-hybridized carbons (Fsp3) is 0.389. The average molecular weight is 284 g/mol. The maximum atomic E-state index is 12.4. The molecule has 0 aliphatic carbocycles. The van der Waals surface area contributed by atoms with Crippen LogP contribution in [0.2, 0.25) is 0 Å². The molecule has 0 unspecified atom stereocenters. The molecule has 0 saturated carbocycles. The molecule has 3 N–H and O–H groups in total. The maximum absolute atomic E-state index is 12.4. The molecule has 0 saturated heterocycles. The Hall–Kier alpha value is -1.87. The van der Waals surface area contributed by atoms with Gasteiger partial charge < -0.3 is 11.1 Å². The molecule has 0 radical (unpaired) electrons. The van der Waals surface area contributed by atoms with Gasteiger partial charge in [0.05, 0.1) is 5.41 Å². The van der Waals surface area contributed by atoms with Crippen molar-refractivity contribution in [1.29, 1.82) is 0 Å². The Morgan fingerprint density at radius 3 is 2.38 bits per heavy atom. The summed E-state index contributed by atoms with van der Waals surface area (Å²) in [6.45, 7) is 4.98. The quantitative estimate of drug-likeness (QED) is 0.855. The molecule has 3 heteroatoms. The predicted molar refractivity (Wildman–Crippen MR) is 87.9 cm³/mol. The second-order valence-corrected chi connectivity index (χ2v) is 5.56. The van der Waals surface area contributed by atoms with Gasteiger partial charge in [0, 0.05) is 13.1 Å². The van der Waals surface area contributed by atoms with Gasteiger partial charge in [0.25, 0.3) is 0 Å². The molecule has 0 heterocycles. The van der Waals surface area contributed by atoms with E-state index in [1.54, 1.807) is 0 Å². The van der Waals surface area contributed by atoms with E-state index in [4.69, 9.17) is 5.73 Å². The van der Waals surface area contributed by atoms with Crippen LogP contribution in [-0.4, -0.2) is 12.5 Å². The number of hydrogen-bond acceptors (Lipinski definition) is 2. The highest BCUT2D eigenvalue weighted by atomic mass is 16.2. The SMILES string of the molecule is CCC(CC)(CN)C(=O)NCc1ccc2ccccc2c1. The van der Waals surface area contributed by atoms with Gasteiger partial charge in [-0.05, 0) is 35.2 Å². The molecule has 0 bridgehead atoms. The van der Waals surface area contributed by atoms with Crippen LogP contribution in [0.15, 0.2) is 42.5 Å². The summed E-state index contributed by atoms with van der Waals surface area (Å²) in [5.41, 5.74) is 6.49. The molecule has 2 rings (SSSR count). The Morgan fingerprint density at radius 2 is 1.76 bits per heavy atom. The Morgan fingerprint density at radius 1 is 1.10 bits per heavy atom. The molecule has 0 spiro atoms. The van der Waals surface area contributed by atoms with Crippen LogP contribution in [-0.2, 0) is 11.3 Å². The lowest BCUT2D eigenvalue weighted by Crippen LogP contribution is -2.45. The summed E-state index contributed by atoms with van der Waals surface area (Å²) in [5, 5.41) is 5.45. The summed E-state index contributed by atoms with van der Waals surface area (Å²) in [4.78, 5) is 12.4. The first-order chi connectivity index (χ1) is 10.1. The predicted octanol–water partition coefficient (Wildman–Crippen LogP) is 3.22. The van der Waals surface area contributed by atoms with Crippen molar-refractivity contribution in [3.05, 3.63) is 48.0 Å². The minimum Gasteiger partial charge on any atom is -0.352 e. The zero-order chi connectivity index (χ0) is 15.3. The minimum atomic E-state index is -0.434. The second-order valence-electron chi connectivity index (χ2n) is 5.56. The summed E-state index contributed by atoms with van der Waals surface area (Å²) in [6.07, 6.45) is 1.53. The van der Waals surface area contributed by atoms with Crippen LogP contribution in [0.5, 0.6) is 0 Å². The molecule has 112 valence electrons. The topological polar surface area (TPSA) is 55.1 Å². The van der Waals surface area contributed by atoms with Gasteiger partial charge in [0.2, 0.25) is 5.91 Å². The van der Waals surface area contributed by atoms with Gasteiger partial charge in [-0.1, -0.05) is 50.2 Å². The molecular weight excluding hydrogens is 260 g/mol. The molecule has 1 amide bonds. The van der Waals surface area contributed by atoms with Crippen LogP contribution in [0, 0.1) is 5.41 Å². The van der Waals surface area contributed by atoms with Crippen LogP contribution in [0.25, 0.3) is 10.8 Å². The lowest BCUT2D eigenvalue weighted by Gasteiger charge is -2.28. The molecular formula is C18H24N2O. The fourth-order valence-electron chi connectivity index (χ4n) is 2.67. The van der Waals surface area contributed by atoms with E-state index in [0.29, 0.717) is 13.1 Å². The lowest BCUT2D eigenvalue weighted by molar-refractivity contribution is -0.131. The van der Waals surface area contributed by atoms with Crippen molar-refractivity contribution < 1.29 is 4.79 Å². The van der Waals surface area contributed by atoms with Gasteiger partial charge in [-0.15, -0.1) is 0 Å². The van der Waals surface area contributed by atoms with Crippen molar-refractivity contribution >= 4 is 16.7 Å². The van der Waals surface area contributed by atoms with Crippen molar-refractivity contribution in [2.45, 2.75) is 33.2 Å². The van der Waals surface area contributed by atoms with Crippen molar-refractivity contribution in [3.8, 4) is 0 Å². The largest absolute Gasteiger partial charge is 0.352 e. The normalized spacial score (nSPS) is 11.6. The first-order valence-electron chi connectivity index (χ1n) is 7.61. The van der Waals surface area contributed by atoms with E-state index >= 15 is 0 Å². The third-order valence-corrected chi connectivity index (χ3v) is 4.49. The Kier molecular flexibility index (Phi) is 4.97. The number of nitrogens with one attached hydrogen (secondary N) is 1. The standard InChI is InChI=1S/C18H24N2O/c1-3-18(4-2,13-19)17(21)20-12-14-9-10-15-7-5-6-8-16(15)11-14/h5-11H,3-4,12-13,19H2,1-2H3,(H,20,21). The number of benzene rings is 2. The number of hydrogen-bond donors (Lipinski definition) is 2. The second kappa shape index (κ2) is 6.72. The lowest BCUT2D eigenvalue weighted by atomic mass is 9.81. The molecule has 0 aliphatic heterocycles. The van der Waals surface area contributed by atoms with Crippen molar-refractivity contribution in [1.82, 2.24) is 5.32 Å². The number of nitrogens with two attached hydrogens (primary N) is 1. The van der Waals surface area contributed by atoms with Gasteiger partial charge >= 0.3 is 0 Å². The number of carbonyl (C=O) groups is 1. The zero-order valence-electron chi connectivity index (χ0n) is 12.9. The number of carbonyl (C=O) groups excluding carboxylic acids is 1. The molecule has 3 nitrogen and oxygen atoms in total. The van der Waals surface area contributed by atoms with Crippen LogP contribution in [0.4, 0.5) is 0 Å². The van der Waals surface area contributed by atoms with Crippen molar-refractivity contribution in [3.63, 3.8) is 0 Å². The highest BCUT2D eigenvalue weighted by Gasteiger charge is 2.32. The van der Waals surface area contributed by atoms with Gasteiger partial charge in [-0.3, -0.25) is 4.79 Å². The van der Waals surface area contributed by atoms with E-state index in [0.717, 1.165) is 18.4 Å². The van der Waals surface area contributed by atoms with E-state index in [9.17, 15) is 4.79 Å². The van der Waals surface area contributed by atoms with Gasteiger partial charge in [0.15, 0.2) is 0 Å². The van der Waals surface area contributed by atoms with Crippen LogP contribution < -0.4 is 11.1 Å². The summed E-state index contributed by atoms with van der Waals surface area (Å²) in [6, 6.07) is 14.5. The molecule has 0 fully saturated rings. The summed E-state index contributed by atoms with van der Waals surface area (Å²) in [7, 11) is 0. The van der Waals surface area contributed by atoms with E-state index < -0.39 is 5.41 Å². The highest BCUT2D eigenvalue weighted by Crippen LogP contribution is 2.25. The average Bonchev–Trinajstić information content (AvgIpc) is 2.55. The van der Waals surface area contributed by atoms with Crippen LogP contribution in [0.3, 0.4) is 0 Å². The van der Waals surface area contributed by atoms with E-state index in [1.807, 2.05) is 26.0 Å². The van der Waals surface area contributed by atoms with E-state index in [2.05, 4.69) is 35.6 Å². The molecule has 0 aromatic heterocycles. The first-order valence-corrected chi connectivity index (χ1v) is 7.61. The number of rotatable bonds is 6. The van der Waals surface area contributed by atoms with Gasteiger partial charge in [0.1, 0.15) is 0 Å². The Labute approximate surface area is 126 Å². The van der Waals surface area contributed by atoms with Crippen LogP contribution in [0.1, 0.15) is 32.3 Å². The van der Waals surface area contributed by atoms with E-state index in [1.165, 1.54) is 10.8 Å². The highest BCUT2D eigenvalue weighted by molar-refractivity contribution is 5.84. The monoisotopic (exact) mass is 284 g/mol. The molecule has 0 aliphatic rings. The summed E-state index contributed by atoms with van der Waals surface area (Å²) >= 11 is 0. The number of fused-ring (bicyclic) bond motifs is 1. The third kappa shape index (κ3) is 3.24. The Bertz CT molecular complexity index is 609. The third-order valence-electron chi connectivity index (χ3n) is 4.49. The van der Waals surface area contributed by atoms with Gasteiger partial charge in [-0.25, -0.2) is 0 Å². The summed E-state index contributed by atoms with van der Waals surface area (Å²) in [5.74, 6) is 0.0585. The van der Waals surface area contributed by atoms with Crippen molar-refractivity contribution in [2.24, 2.45) is 11.1 Å². The van der Waals surface area contributed by atoms with Gasteiger partial charge in [-0.2, -0.15) is 0 Å². The maximum Gasteiger partial charge on any atom is 0.227 e. The fourth-order valence-corrected chi connectivity index (χ4v) is 2.67. The molecule has 2 aromatic carbocycles. The first kappa shape index (κ1) is 15.5. The Balaban J connectivity index is 2.09. The zero-order valence-corrected chi connectivity index (χ0v) is 12.9. The summed E-state index contributed by atoms with van der Waals surface area (Å²) < 4.78 is 0. The number of amides is 1. The molecule has 21 heavy (non-hydrogen) atoms. The molecule has 0 atom stereocenters. The van der Waals surface area contributed by atoms with Crippen molar-refractivity contribution in [2.75, 3.05) is 6.54 Å². The smallest absolute Gasteiger partial charge is 0.227 e.